The molecule has 6 nitrogen and oxygen atoms in total. The molecule has 2 aromatic carbocycles. The number of amides is 1. The van der Waals surface area contributed by atoms with Crippen LogP contribution < -0.4 is 19.5 Å². The summed E-state index contributed by atoms with van der Waals surface area (Å²) in [6.45, 7) is 3.21. The lowest BCUT2D eigenvalue weighted by atomic mass is 10.2. The number of nitriles is 1. The summed E-state index contributed by atoms with van der Waals surface area (Å²) in [7, 11) is 0. The van der Waals surface area contributed by atoms with Crippen molar-refractivity contribution < 1.29 is 23.4 Å². The summed E-state index contributed by atoms with van der Waals surface area (Å²) in [6.07, 6.45) is -0.173. The van der Waals surface area contributed by atoms with Gasteiger partial charge in [-0.3, -0.25) is 4.79 Å². The Bertz CT molecular complexity index is 788. The van der Waals surface area contributed by atoms with Crippen molar-refractivity contribution >= 4 is 5.91 Å². The van der Waals surface area contributed by atoms with Crippen LogP contribution in [0.2, 0.25) is 0 Å². The van der Waals surface area contributed by atoms with Crippen LogP contribution in [0.1, 0.15) is 18.9 Å². The van der Waals surface area contributed by atoms with Crippen molar-refractivity contribution in [2.75, 3.05) is 19.8 Å². The Hall–Kier alpha value is -3.27. The molecule has 0 saturated heterocycles. The maximum atomic E-state index is 12.9. The topological polar surface area (TPSA) is 80.6 Å². The van der Waals surface area contributed by atoms with Gasteiger partial charge in [-0.2, -0.15) is 5.26 Å². The van der Waals surface area contributed by atoms with Gasteiger partial charge >= 0.3 is 0 Å². The van der Waals surface area contributed by atoms with Crippen molar-refractivity contribution in [2.45, 2.75) is 19.9 Å². The van der Waals surface area contributed by atoms with Gasteiger partial charge in [0.2, 0.25) is 5.91 Å². The minimum absolute atomic E-state index is 0.173. The van der Waals surface area contributed by atoms with Crippen LogP contribution in [-0.4, -0.2) is 25.7 Å². The largest absolute Gasteiger partial charge is 0.490 e. The number of nitrogens with one attached hydrogen (secondary N) is 1. The summed E-state index contributed by atoms with van der Waals surface area (Å²) < 4.78 is 29.6. The van der Waals surface area contributed by atoms with Crippen molar-refractivity contribution in [2.24, 2.45) is 0 Å². The molecule has 0 radical (unpaired) electrons. The average Bonchev–Trinajstić information content (AvgIpc) is 2.66. The molecular weight excluding hydrogens is 351 g/mol. The number of carbonyl (C=O) groups excluding carboxylic acids is 1. The van der Waals surface area contributed by atoms with E-state index in [2.05, 4.69) is 5.32 Å². The van der Waals surface area contributed by atoms with E-state index >= 15 is 0 Å². The van der Waals surface area contributed by atoms with Crippen LogP contribution >= 0.6 is 0 Å². The molecule has 1 amide bonds. The van der Waals surface area contributed by atoms with Crippen molar-refractivity contribution in [3.63, 3.8) is 0 Å². The fourth-order valence-corrected chi connectivity index (χ4v) is 2.23. The van der Waals surface area contributed by atoms with Gasteiger partial charge in [-0.05, 0) is 48.9 Å². The lowest BCUT2D eigenvalue weighted by Gasteiger charge is -2.14. The number of halogens is 1. The predicted molar refractivity (Wildman–Crippen MR) is 97.1 cm³/mol. The zero-order chi connectivity index (χ0) is 19.5. The van der Waals surface area contributed by atoms with Crippen molar-refractivity contribution in [3.05, 3.63) is 53.8 Å². The number of ether oxygens (including phenoxy) is 3. The molecule has 2 rings (SSSR count). The second-order valence-electron chi connectivity index (χ2n) is 5.48. The second kappa shape index (κ2) is 10.7. The van der Waals surface area contributed by atoms with Crippen LogP contribution in [0.15, 0.2) is 42.5 Å². The molecule has 142 valence electrons. The molecule has 0 aliphatic rings. The summed E-state index contributed by atoms with van der Waals surface area (Å²) in [5, 5.41) is 11.2. The van der Waals surface area contributed by atoms with Gasteiger partial charge in [0, 0.05) is 6.54 Å². The first-order valence-electron chi connectivity index (χ1n) is 8.53. The molecule has 1 N–H and O–H groups in total. The maximum absolute atomic E-state index is 12.9. The van der Waals surface area contributed by atoms with Crippen LogP contribution in [0.25, 0.3) is 0 Å². The highest BCUT2D eigenvalue weighted by Crippen LogP contribution is 2.28. The van der Waals surface area contributed by atoms with Gasteiger partial charge in [-0.15, -0.1) is 0 Å². The Kier molecular flexibility index (Phi) is 7.92. The number of hydrogen-bond donors (Lipinski definition) is 1. The van der Waals surface area contributed by atoms with Gasteiger partial charge in [-0.25, -0.2) is 4.39 Å². The highest BCUT2D eigenvalue weighted by Gasteiger charge is 2.08. The third-order valence-corrected chi connectivity index (χ3v) is 3.46. The maximum Gasteiger partial charge on any atom is 0.234 e. The molecule has 7 heteroatoms. The SMILES string of the molecule is CCOc1cc(CNC(=O)CC#N)ccc1OCCOc1ccc(F)cc1. The lowest BCUT2D eigenvalue weighted by Crippen LogP contribution is -2.21. The normalized spacial score (nSPS) is 9.96. The van der Waals surface area contributed by atoms with Gasteiger partial charge in [0.1, 0.15) is 31.2 Å². The molecule has 0 atom stereocenters. The van der Waals surface area contributed by atoms with Crippen LogP contribution in [0.3, 0.4) is 0 Å². The molecule has 27 heavy (non-hydrogen) atoms. The van der Waals surface area contributed by atoms with Crippen molar-refractivity contribution in [3.8, 4) is 23.3 Å². The molecule has 0 aliphatic heterocycles. The number of rotatable bonds is 10. The second-order valence-corrected chi connectivity index (χ2v) is 5.48. The average molecular weight is 372 g/mol. The highest BCUT2D eigenvalue weighted by atomic mass is 19.1. The van der Waals surface area contributed by atoms with Gasteiger partial charge in [-0.1, -0.05) is 6.07 Å². The zero-order valence-electron chi connectivity index (χ0n) is 15.0. The summed E-state index contributed by atoms with van der Waals surface area (Å²) in [5.74, 6) is 1.05. The van der Waals surface area contributed by atoms with Crippen LogP contribution in [0, 0.1) is 17.1 Å². The smallest absolute Gasteiger partial charge is 0.234 e. The van der Waals surface area contributed by atoms with Crippen LogP contribution in [0.5, 0.6) is 17.2 Å². The zero-order valence-corrected chi connectivity index (χ0v) is 15.0. The van der Waals surface area contributed by atoms with E-state index in [1.165, 1.54) is 12.1 Å². The standard InChI is InChI=1S/C20H21FN2O4/c1-2-25-19-13-15(14-23-20(24)9-10-22)3-8-18(19)27-12-11-26-17-6-4-16(21)5-7-17/h3-8,13H,2,9,11-12,14H2,1H3,(H,23,24). The fourth-order valence-electron chi connectivity index (χ4n) is 2.23. The van der Waals surface area contributed by atoms with Gasteiger partial charge in [0.15, 0.2) is 11.5 Å². The Morgan fingerprint density at radius 1 is 1.07 bits per heavy atom. The van der Waals surface area contributed by atoms with E-state index in [1.807, 2.05) is 13.0 Å². The monoisotopic (exact) mass is 372 g/mol. The molecule has 2 aromatic rings. The molecule has 0 saturated carbocycles. The first-order chi connectivity index (χ1) is 13.1. The molecular formula is C20H21FN2O4. The molecule has 0 bridgehead atoms. The third-order valence-electron chi connectivity index (χ3n) is 3.46. The van der Waals surface area contributed by atoms with E-state index < -0.39 is 0 Å². The first-order valence-corrected chi connectivity index (χ1v) is 8.53. The molecule has 0 unspecified atom stereocenters. The Morgan fingerprint density at radius 3 is 2.52 bits per heavy atom. The summed E-state index contributed by atoms with van der Waals surface area (Å²) in [6, 6.07) is 12.9. The predicted octanol–water partition coefficient (Wildman–Crippen LogP) is 3.21. The molecule has 0 aliphatic carbocycles. The van der Waals surface area contributed by atoms with E-state index in [4.69, 9.17) is 19.5 Å². The summed E-state index contributed by atoms with van der Waals surface area (Å²) in [4.78, 5) is 11.4. The number of nitrogens with zero attached hydrogens (tertiary/aromatic N) is 1. The fraction of sp³-hybridized carbons (Fsp3) is 0.300. The van der Waals surface area contributed by atoms with E-state index in [0.29, 0.717) is 37.0 Å². The van der Waals surface area contributed by atoms with Crippen LogP contribution in [-0.2, 0) is 11.3 Å². The van der Waals surface area contributed by atoms with E-state index in [9.17, 15) is 9.18 Å². The van der Waals surface area contributed by atoms with Crippen molar-refractivity contribution in [1.29, 1.82) is 5.26 Å². The minimum atomic E-state index is -0.325. The Morgan fingerprint density at radius 2 is 1.81 bits per heavy atom. The summed E-state index contributed by atoms with van der Waals surface area (Å²) >= 11 is 0. The number of hydrogen-bond acceptors (Lipinski definition) is 5. The molecule has 0 spiro atoms. The number of carbonyl (C=O) groups is 1. The van der Waals surface area contributed by atoms with Crippen LogP contribution in [0.4, 0.5) is 4.39 Å². The van der Waals surface area contributed by atoms with Gasteiger partial charge < -0.3 is 19.5 Å². The molecule has 0 heterocycles. The quantitative estimate of drug-likeness (QED) is 0.648. The Balaban J connectivity index is 1.88. The van der Waals surface area contributed by atoms with E-state index in [0.717, 1.165) is 5.56 Å². The van der Waals surface area contributed by atoms with Gasteiger partial charge in [0.25, 0.3) is 0 Å². The molecule has 0 aromatic heterocycles. The highest BCUT2D eigenvalue weighted by molar-refractivity contribution is 5.77. The summed E-state index contributed by atoms with van der Waals surface area (Å²) in [5.41, 5.74) is 0.833. The third kappa shape index (κ3) is 6.86. The Labute approximate surface area is 157 Å². The number of benzene rings is 2. The first kappa shape index (κ1) is 20.0. The van der Waals surface area contributed by atoms with E-state index in [-0.39, 0.29) is 24.8 Å². The lowest BCUT2D eigenvalue weighted by molar-refractivity contribution is -0.120. The van der Waals surface area contributed by atoms with Gasteiger partial charge in [0.05, 0.1) is 12.7 Å². The minimum Gasteiger partial charge on any atom is -0.490 e. The van der Waals surface area contributed by atoms with E-state index in [1.54, 1.807) is 30.3 Å². The molecule has 0 fully saturated rings. The van der Waals surface area contributed by atoms with Crippen molar-refractivity contribution in [1.82, 2.24) is 5.32 Å².